The third-order valence-electron chi connectivity index (χ3n) is 3.12. The first kappa shape index (κ1) is 13.8. The highest BCUT2D eigenvalue weighted by Crippen LogP contribution is 2.33. The summed E-state index contributed by atoms with van der Waals surface area (Å²) in [5, 5.41) is 2.06. The van der Waals surface area contributed by atoms with E-state index in [1.54, 1.807) is 11.3 Å². The van der Waals surface area contributed by atoms with Gasteiger partial charge in [0.05, 0.1) is 10.2 Å². The zero-order valence-electron chi connectivity index (χ0n) is 10.8. The van der Waals surface area contributed by atoms with E-state index in [9.17, 15) is 0 Å². The average Bonchev–Trinajstić information content (AvgIpc) is 2.97. The Morgan fingerprint density at radius 3 is 2.80 bits per heavy atom. The maximum Gasteiger partial charge on any atom is 0.141 e. The topological polar surface area (TPSA) is 22.1 Å². The number of ether oxygens (including phenoxy) is 1. The van der Waals surface area contributed by atoms with Crippen LogP contribution in [0.3, 0.4) is 0 Å². The lowest BCUT2D eigenvalue weighted by Gasteiger charge is -2.19. The molecule has 0 aliphatic carbocycles. The summed E-state index contributed by atoms with van der Waals surface area (Å²) in [6.45, 7) is 0. The lowest BCUT2D eigenvalue weighted by atomic mass is 10.1. The van der Waals surface area contributed by atoms with Crippen LogP contribution >= 0.6 is 33.9 Å². The van der Waals surface area contributed by atoms with E-state index < -0.39 is 0 Å². The summed E-state index contributed by atoms with van der Waals surface area (Å²) >= 11 is 4.08. The highest BCUT2D eigenvalue weighted by Gasteiger charge is 2.14. The number of aromatic nitrogens is 1. The van der Waals surface area contributed by atoms with Gasteiger partial charge in [0.15, 0.2) is 0 Å². The summed E-state index contributed by atoms with van der Waals surface area (Å²) in [5.74, 6) is 0.934. The van der Waals surface area contributed by atoms with Crippen LogP contribution in [0.25, 0.3) is 10.2 Å². The van der Waals surface area contributed by atoms with Crippen molar-refractivity contribution >= 4 is 44.1 Å². The second kappa shape index (κ2) is 6.54. The fourth-order valence-corrected chi connectivity index (χ4v) is 3.53. The number of halogens is 1. The molecular formula is C16H14INOS. The minimum Gasteiger partial charge on any atom is -0.484 e. The van der Waals surface area contributed by atoms with Crippen LogP contribution in [-0.4, -0.2) is 9.41 Å². The zero-order valence-corrected chi connectivity index (χ0v) is 13.8. The van der Waals surface area contributed by atoms with Crippen molar-refractivity contribution in [3.05, 3.63) is 59.6 Å². The highest BCUT2D eigenvalue weighted by atomic mass is 127. The van der Waals surface area contributed by atoms with Crippen molar-refractivity contribution in [2.75, 3.05) is 4.43 Å². The number of rotatable bonds is 5. The Hall–Kier alpha value is -1.14. The van der Waals surface area contributed by atoms with E-state index in [1.165, 1.54) is 5.56 Å². The van der Waals surface area contributed by atoms with E-state index in [1.807, 2.05) is 24.4 Å². The van der Waals surface area contributed by atoms with Crippen LogP contribution in [0.4, 0.5) is 0 Å². The Balaban J connectivity index is 1.92. The van der Waals surface area contributed by atoms with E-state index >= 15 is 0 Å². The van der Waals surface area contributed by atoms with Crippen LogP contribution in [0.5, 0.6) is 5.75 Å². The van der Waals surface area contributed by atoms with E-state index in [-0.39, 0.29) is 6.10 Å². The van der Waals surface area contributed by atoms with Crippen molar-refractivity contribution in [3.63, 3.8) is 0 Å². The van der Waals surface area contributed by atoms with Crippen molar-refractivity contribution in [2.45, 2.75) is 12.5 Å². The van der Waals surface area contributed by atoms with Crippen LogP contribution in [0.1, 0.15) is 18.1 Å². The van der Waals surface area contributed by atoms with Crippen molar-refractivity contribution < 1.29 is 4.74 Å². The predicted molar refractivity (Wildman–Crippen MR) is 92.9 cm³/mol. The fourth-order valence-electron chi connectivity index (χ4n) is 2.16. The minimum atomic E-state index is 0.0980. The Labute approximate surface area is 136 Å². The number of alkyl halides is 1. The summed E-state index contributed by atoms with van der Waals surface area (Å²) in [4.78, 5) is 4.36. The molecule has 2 aromatic heterocycles. The van der Waals surface area contributed by atoms with E-state index in [2.05, 4.69) is 57.2 Å². The van der Waals surface area contributed by atoms with Crippen molar-refractivity contribution in [1.29, 1.82) is 0 Å². The van der Waals surface area contributed by atoms with Gasteiger partial charge in [-0.25, -0.2) is 0 Å². The van der Waals surface area contributed by atoms with E-state index in [0.29, 0.717) is 0 Å². The van der Waals surface area contributed by atoms with Gasteiger partial charge in [0.1, 0.15) is 11.9 Å². The molecule has 0 saturated carbocycles. The van der Waals surface area contributed by atoms with Gasteiger partial charge < -0.3 is 4.74 Å². The molecule has 102 valence electrons. The summed E-state index contributed by atoms with van der Waals surface area (Å²) < 4.78 is 8.47. The average molecular weight is 395 g/mol. The van der Waals surface area contributed by atoms with Gasteiger partial charge in [0, 0.05) is 16.7 Å². The van der Waals surface area contributed by atoms with Crippen molar-refractivity contribution in [1.82, 2.24) is 4.98 Å². The number of nitrogens with zero attached hydrogens (tertiary/aromatic N) is 1. The van der Waals surface area contributed by atoms with Crippen LogP contribution in [0, 0.1) is 0 Å². The van der Waals surface area contributed by atoms with Gasteiger partial charge in [-0.1, -0.05) is 52.9 Å². The molecule has 2 nitrogen and oxygen atoms in total. The molecule has 0 bridgehead atoms. The first-order valence-electron chi connectivity index (χ1n) is 6.48. The van der Waals surface area contributed by atoms with E-state index in [0.717, 1.165) is 26.8 Å². The summed E-state index contributed by atoms with van der Waals surface area (Å²) in [5.41, 5.74) is 2.24. The van der Waals surface area contributed by atoms with Gasteiger partial charge in [0.2, 0.25) is 0 Å². The number of pyridine rings is 1. The molecule has 0 aliphatic rings. The first-order chi connectivity index (χ1) is 9.88. The SMILES string of the molecule is ICC[C@H](Oc1ccnc2ccsc12)c1ccccc1. The number of fused-ring (bicyclic) bond motifs is 1. The van der Waals surface area contributed by atoms with Crippen LogP contribution in [-0.2, 0) is 0 Å². The summed E-state index contributed by atoms with van der Waals surface area (Å²) in [6.07, 6.45) is 2.91. The molecule has 3 aromatic rings. The molecule has 1 aromatic carbocycles. The Kier molecular flexibility index (Phi) is 4.52. The number of hydrogen-bond donors (Lipinski definition) is 0. The molecule has 0 spiro atoms. The smallest absolute Gasteiger partial charge is 0.141 e. The molecule has 0 radical (unpaired) electrons. The quantitative estimate of drug-likeness (QED) is 0.435. The second-order valence-electron chi connectivity index (χ2n) is 4.44. The standard InChI is InChI=1S/C16H14INOS/c17-9-6-14(12-4-2-1-3-5-12)19-15-7-10-18-13-8-11-20-16(13)15/h1-5,7-8,10-11,14H,6,9H2/t14-/m0/s1. The van der Waals surface area contributed by atoms with E-state index in [4.69, 9.17) is 4.74 Å². The first-order valence-corrected chi connectivity index (χ1v) is 8.89. The normalized spacial score (nSPS) is 12.4. The predicted octanol–water partition coefficient (Wildman–Crippen LogP) is 5.24. The van der Waals surface area contributed by atoms with Crippen molar-refractivity contribution in [3.8, 4) is 5.75 Å². The zero-order chi connectivity index (χ0) is 13.8. The molecule has 0 amide bonds. The maximum atomic E-state index is 6.28. The molecule has 0 aliphatic heterocycles. The molecule has 3 rings (SSSR count). The molecule has 1 atom stereocenters. The third kappa shape index (κ3) is 2.96. The van der Waals surface area contributed by atoms with Gasteiger partial charge in [-0.05, 0) is 23.4 Å². The number of thiophene rings is 1. The third-order valence-corrected chi connectivity index (χ3v) is 4.66. The molecular weight excluding hydrogens is 381 g/mol. The highest BCUT2D eigenvalue weighted by molar-refractivity contribution is 14.1. The molecule has 2 heterocycles. The van der Waals surface area contributed by atoms with Crippen LogP contribution < -0.4 is 4.74 Å². The molecule has 20 heavy (non-hydrogen) atoms. The van der Waals surface area contributed by atoms with Crippen LogP contribution in [0.15, 0.2) is 54.0 Å². The Morgan fingerprint density at radius 1 is 1.15 bits per heavy atom. The van der Waals surface area contributed by atoms with Gasteiger partial charge in [-0.2, -0.15) is 0 Å². The van der Waals surface area contributed by atoms with Gasteiger partial charge in [0.25, 0.3) is 0 Å². The lowest BCUT2D eigenvalue weighted by molar-refractivity contribution is 0.206. The molecule has 0 N–H and O–H groups in total. The maximum absolute atomic E-state index is 6.28. The Morgan fingerprint density at radius 2 is 2.00 bits per heavy atom. The van der Waals surface area contributed by atoms with Gasteiger partial charge in [-0.15, -0.1) is 11.3 Å². The largest absolute Gasteiger partial charge is 0.484 e. The van der Waals surface area contributed by atoms with Gasteiger partial charge >= 0.3 is 0 Å². The minimum absolute atomic E-state index is 0.0980. The Bertz CT molecular complexity index is 683. The van der Waals surface area contributed by atoms with Crippen molar-refractivity contribution in [2.24, 2.45) is 0 Å². The molecule has 0 unspecified atom stereocenters. The summed E-state index contributed by atoms with van der Waals surface area (Å²) in [7, 11) is 0. The fraction of sp³-hybridized carbons (Fsp3) is 0.188. The van der Waals surface area contributed by atoms with Crippen LogP contribution in [0.2, 0.25) is 0 Å². The second-order valence-corrected chi connectivity index (χ2v) is 6.43. The lowest BCUT2D eigenvalue weighted by Crippen LogP contribution is -2.08. The van der Waals surface area contributed by atoms with Gasteiger partial charge in [-0.3, -0.25) is 4.98 Å². The molecule has 4 heteroatoms. The molecule has 0 fully saturated rings. The number of benzene rings is 1. The number of hydrogen-bond acceptors (Lipinski definition) is 3. The molecule has 0 saturated heterocycles. The summed E-state index contributed by atoms with van der Waals surface area (Å²) in [6, 6.07) is 14.4. The monoisotopic (exact) mass is 395 g/mol.